The Hall–Kier alpha value is -2.83. The number of alkyl halides is 4. The second-order valence-corrected chi connectivity index (χ2v) is 4.96. The molecule has 0 saturated carbocycles. The Morgan fingerprint density at radius 2 is 1.56 bits per heavy atom. The average molecular weight is 354 g/mol. The van der Waals surface area contributed by atoms with E-state index in [0.717, 1.165) is 17.7 Å². The molecule has 0 fully saturated rings. The number of benzene rings is 2. The number of hydrogen-bond acceptors (Lipinski definition) is 3. The van der Waals surface area contributed by atoms with Gasteiger partial charge in [0, 0.05) is 5.56 Å². The number of halogens is 4. The van der Waals surface area contributed by atoms with Crippen LogP contribution in [-0.4, -0.2) is 25.4 Å². The van der Waals surface area contributed by atoms with E-state index >= 15 is 0 Å². The number of rotatable bonds is 7. The van der Waals surface area contributed by atoms with E-state index in [9.17, 15) is 22.4 Å². The van der Waals surface area contributed by atoms with Crippen LogP contribution in [0.2, 0.25) is 0 Å². The van der Waals surface area contributed by atoms with Crippen LogP contribution in [0.25, 0.3) is 6.08 Å². The molecule has 0 N–H and O–H groups in total. The highest BCUT2D eigenvalue weighted by Gasteiger charge is 2.43. The molecule has 0 aliphatic carbocycles. The fraction of sp³-hybridized carbons (Fsp3) is 0.167. The minimum absolute atomic E-state index is 0.206. The lowest BCUT2D eigenvalue weighted by molar-refractivity contribution is -0.253. The van der Waals surface area contributed by atoms with E-state index < -0.39 is 18.3 Å². The first-order valence-corrected chi connectivity index (χ1v) is 7.13. The molecule has 0 aliphatic heterocycles. The summed E-state index contributed by atoms with van der Waals surface area (Å²) in [7, 11) is 1.54. The van der Waals surface area contributed by atoms with Gasteiger partial charge in [0.1, 0.15) is 11.5 Å². The van der Waals surface area contributed by atoms with Crippen molar-refractivity contribution in [3.05, 3.63) is 65.7 Å². The van der Waals surface area contributed by atoms with Crippen LogP contribution in [0.4, 0.5) is 17.6 Å². The van der Waals surface area contributed by atoms with Gasteiger partial charge in [0.05, 0.1) is 7.11 Å². The van der Waals surface area contributed by atoms with Crippen LogP contribution < -0.4 is 9.47 Å². The standard InChI is InChI=1S/C18H14F4O3/c1-24-14-7-2-12(3-8-14)4-11-16(23)13-5-9-15(10-6-13)25-18(21,22)17(19)20/h2-11,17H,1H3. The van der Waals surface area contributed by atoms with Crippen molar-refractivity contribution in [3.63, 3.8) is 0 Å². The second-order valence-electron chi connectivity index (χ2n) is 4.96. The number of ketones is 1. The molecular formula is C18H14F4O3. The van der Waals surface area contributed by atoms with E-state index in [1.165, 1.54) is 18.2 Å². The van der Waals surface area contributed by atoms with E-state index in [2.05, 4.69) is 4.74 Å². The van der Waals surface area contributed by atoms with E-state index in [0.29, 0.717) is 5.75 Å². The Labute approximate surface area is 141 Å². The Morgan fingerprint density at radius 1 is 1.00 bits per heavy atom. The fourth-order valence-electron chi connectivity index (χ4n) is 1.87. The largest absolute Gasteiger partial charge is 0.497 e. The summed E-state index contributed by atoms with van der Waals surface area (Å²) >= 11 is 0. The van der Waals surface area contributed by atoms with Gasteiger partial charge in [0.2, 0.25) is 0 Å². The monoisotopic (exact) mass is 354 g/mol. The van der Waals surface area contributed by atoms with Gasteiger partial charge >= 0.3 is 12.5 Å². The first-order valence-electron chi connectivity index (χ1n) is 7.13. The van der Waals surface area contributed by atoms with Gasteiger partial charge < -0.3 is 9.47 Å². The van der Waals surface area contributed by atoms with E-state index in [4.69, 9.17) is 4.74 Å². The van der Waals surface area contributed by atoms with Crippen LogP contribution in [0.1, 0.15) is 15.9 Å². The van der Waals surface area contributed by atoms with Gasteiger partial charge in [-0.15, -0.1) is 0 Å². The second kappa shape index (κ2) is 7.83. The number of methoxy groups -OCH3 is 1. The van der Waals surface area contributed by atoms with Crippen molar-refractivity contribution in [2.75, 3.05) is 7.11 Å². The lowest BCUT2D eigenvalue weighted by Crippen LogP contribution is -2.33. The predicted octanol–water partition coefficient (Wildman–Crippen LogP) is 4.83. The molecule has 132 valence electrons. The quantitative estimate of drug-likeness (QED) is 0.406. The molecule has 0 bridgehead atoms. The van der Waals surface area contributed by atoms with Crippen molar-refractivity contribution in [1.29, 1.82) is 0 Å². The van der Waals surface area contributed by atoms with Crippen LogP contribution in [-0.2, 0) is 0 Å². The summed E-state index contributed by atoms with van der Waals surface area (Å²) in [6.07, 6.45) is -5.64. The molecule has 3 nitrogen and oxygen atoms in total. The zero-order chi connectivity index (χ0) is 18.4. The molecule has 0 heterocycles. The molecule has 0 atom stereocenters. The van der Waals surface area contributed by atoms with Crippen molar-refractivity contribution >= 4 is 11.9 Å². The summed E-state index contributed by atoms with van der Waals surface area (Å²) in [4.78, 5) is 12.0. The topological polar surface area (TPSA) is 35.5 Å². The Balaban J connectivity index is 2.03. The third kappa shape index (κ3) is 5.07. The van der Waals surface area contributed by atoms with Crippen molar-refractivity contribution in [1.82, 2.24) is 0 Å². The van der Waals surface area contributed by atoms with Gasteiger partial charge in [-0.25, -0.2) is 0 Å². The van der Waals surface area contributed by atoms with E-state index in [1.54, 1.807) is 37.5 Å². The number of hydrogen-bond donors (Lipinski definition) is 0. The first-order chi connectivity index (χ1) is 11.8. The lowest BCUT2D eigenvalue weighted by atomic mass is 10.1. The summed E-state index contributed by atoms with van der Waals surface area (Å²) in [6, 6.07) is 11.5. The predicted molar refractivity (Wildman–Crippen MR) is 84.4 cm³/mol. The molecule has 2 aromatic rings. The minimum Gasteiger partial charge on any atom is -0.497 e. The van der Waals surface area contributed by atoms with Crippen molar-refractivity contribution in [2.24, 2.45) is 0 Å². The molecule has 25 heavy (non-hydrogen) atoms. The molecule has 0 aliphatic rings. The molecular weight excluding hydrogens is 340 g/mol. The van der Waals surface area contributed by atoms with Gasteiger partial charge in [0.15, 0.2) is 5.78 Å². The van der Waals surface area contributed by atoms with Gasteiger partial charge in [0.25, 0.3) is 0 Å². The molecule has 0 radical (unpaired) electrons. The zero-order valence-corrected chi connectivity index (χ0v) is 13.1. The summed E-state index contributed by atoms with van der Waals surface area (Å²) in [5.41, 5.74) is 0.975. The van der Waals surface area contributed by atoms with Crippen molar-refractivity contribution < 1.29 is 31.8 Å². The highest BCUT2D eigenvalue weighted by atomic mass is 19.3. The molecule has 2 aromatic carbocycles. The highest BCUT2D eigenvalue weighted by molar-refractivity contribution is 6.06. The summed E-state index contributed by atoms with van der Waals surface area (Å²) in [5, 5.41) is 0. The molecule has 7 heteroatoms. The van der Waals surface area contributed by atoms with Crippen LogP contribution >= 0.6 is 0 Å². The fourth-order valence-corrected chi connectivity index (χ4v) is 1.87. The van der Waals surface area contributed by atoms with Crippen LogP contribution in [0.15, 0.2) is 54.6 Å². The minimum atomic E-state index is -4.58. The van der Waals surface area contributed by atoms with E-state index in [1.807, 2.05) is 0 Å². The lowest BCUT2D eigenvalue weighted by Gasteiger charge is -2.16. The maximum absolute atomic E-state index is 12.8. The van der Waals surface area contributed by atoms with Crippen LogP contribution in [0.3, 0.4) is 0 Å². The highest BCUT2D eigenvalue weighted by Crippen LogP contribution is 2.27. The maximum atomic E-state index is 12.8. The average Bonchev–Trinajstić information content (AvgIpc) is 2.60. The number of carbonyl (C=O) groups is 1. The normalized spacial score (nSPS) is 11.8. The van der Waals surface area contributed by atoms with Crippen LogP contribution in [0, 0.1) is 0 Å². The number of carbonyl (C=O) groups excluding carboxylic acids is 1. The van der Waals surface area contributed by atoms with Crippen molar-refractivity contribution in [3.8, 4) is 11.5 Å². The SMILES string of the molecule is COc1ccc(C=CC(=O)c2ccc(OC(F)(F)C(F)F)cc2)cc1. The Morgan fingerprint density at radius 3 is 2.08 bits per heavy atom. The van der Waals surface area contributed by atoms with Gasteiger partial charge in [-0.1, -0.05) is 18.2 Å². The summed E-state index contributed by atoms with van der Waals surface area (Å²) in [5.74, 6) is -0.149. The van der Waals surface area contributed by atoms with Gasteiger partial charge in [-0.3, -0.25) is 4.79 Å². The first kappa shape index (κ1) is 18.5. The molecule has 0 aromatic heterocycles. The van der Waals surface area contributed by atoms with Crippen molar-refractivity contribution in [2.45, 2.75) is 12.5 Å². The third-order valence-electron chi connectivity index (χ3n) is 3.19. The number of ether oxygens (including phenoxy) is 2. The Kier molecular flexibility index (Phi) is 5.80. The summed E-state index contributed by atoms with van der Waals surface area (Å²) in [6.45, 7) is 0. The third-order valence-corrected chi connectivity index (χ3v) is 3.19. The molecule has 0 saturated heterocycles. The van der Waals surface area contributed by atoms with Crippen LogP contribution in [0.5, 0.6) is 11.5 Å². The summed E-state index contributed by atoms with van der Waals surface area (Å²) < 4.78 is 58.7. The van der Waals surface area contributed by atoms with Gasteiger partial charge in [-0.2, -0.15) is 17.6 Å². The molecule has 0 spiro atoms. The van der Waals surface area contributed by atoms with Gasteiger partial charge in [-0.05, 0) is 48.0 Å². The molecule has 0 amide bonds. The smallest absolute Gasteiger partial charge is 0.461 e. The molecule has 0 unspecified atom stereocenters. The zero-order valence-electron chi connectivity index (χ0n) is 13.1. The number of allylic oxidation sites excluding steroid dienone is 1. The maximum Gasteiger partial charge on any atom is 0.461 e. The van der Waals surface area contributed by atoms with E-state index in [-0.39, 0.29) is 11.3 Å². The Bertz CT molecular complexity index is 738. The molecule has 2 rings (SSSR count).